The van der Waals surface area contributed by atoms with Gasteiger partial charge in [0.15, 0.2) is 0 Å². The van der Waals surface area contributed by atoms with Crippen LogP contribution in [0.25, 0.3) is 0 Å². The summed E-state index contributed by atoms with van der Waals surface area (Å²) in [7, 11) is 0. The molecule has 0 aliphatic heterocycles. The quantitative estimate of drug-likeness (QED) is 0.711. The Labute approximate surface area is 103 Å². The second-order valence-corrected chi connectivity index (χ2v) is 4.55. The van der Waals surface area contributed by atoms with E-state index in [-0.39, 0.29) is 6.42 Å². The summed E-state index contributed by atoms with van der Waals surface area (Å²) in [5, 5.41) is 11.8. The summed E-state index contributed by atoms with van der Waals surface area (Å²) in [6.07, 6.45) is 1.87. The van der Waals surface area contributed by atoms with E-state index in [4.69, 9.17) is 5.11 Å². The fraction of sp³-hybridized carbons (Fsp3) is 0.500. The molecular formula is C14H21NO2. The van der Waals surface area contributed by atoms with Gasteiger partial charge >= 0.3 is 5.97 Å². The molecule has 0 saturated carbocycles. The van der Waals surface area contributed by atoms with Crippen LogP contribution in [0.2, 0.25) is 0 Å². The number of hydrogen-bond acceptors (Lipinski definition) is 2. The van der Waals surface area contributed by atoms with Crippen LogP contribution in [0.3, 0.4) is 0 Å². The van der Waals surface area contributed by atoms with Crippen molar-refractivity contribution in [3.8, 4) is 0 Å². The highest BCUT2D eigenvalue weighted by molar-refractivity contribution is 5.66. The molecule has 0 fully saturated rings. The molecule has 1 aromatic carbocycles. The molecule has 3 heteroatoms. The van der Waals surface area contributed by atoms with Gasteiger partial charge in [0.25, 0.3) is 0 Å². The lowest BCUT2D eigenvalue weighted by molar-refractivity contribution is -0.137. The van der Waals surface area contributed by atoms with Crippen LogP contribution in [0.5, 0.6) is 0 Å². The number of carboxylic acid groups (broad SMARTS) is 1. The molecule has 2 N–H and O–H groups in total. The molecule has 17 heavy (non-hydrogen) atoms. The molecule has 1 aromatic rings. The third-order valence-corrected chi connectivity index (χ3v) is 2.72. The summed E-state index contributed by atoms with van der Waals surface area (Å²) < 4.78 is 0. The fourth-order valence-electron chi connectivity index (χ4n) is 1.62. The second-order valence-electron chi connectivity index (χ2n) is 4.55. The van der Waals surface area contributed by atoms with Crippen LogP contribution in [-0.4, -0.2) is 17.6 Å². The van der Waals surface area contributed by atoms with E-state index in [2.05, 4.69) is 43.4 Å². The molecule has 0 aliphatic rings. The van der Waals surface area contributed by atoms with Gasteiger partial charge in [0.2, 0.25) is 0 Å². The maximum Gasteiger partial charge on any atom is 0.303 e. The zero-order valence-corrected chi connectivity index (χ0v) is 10.6. The molecule has 0 radical (unpaired) electrons. The third kappa shape index (κ3) is 5.38. The Kier molecular flexibility index (Phi) is 5.53. The molecule has 3 nitrogen and oxygen atoms in total. The van der Waals surface area contributed by atoms with E-state index in [1.54, 1.807) is 0 Å². The summed E-state index contributed by atoms with van der Waals surface area (Å²) in [5.74, 6) is -0.161. The maximum absolute atomic E-state index is 10.3. The van der Waals surface area contributed by atoms with Crippen LogP contribution in [-0.2, 0) is 4.79 Å². The first-order valence-corrected chi connectivity index (χ1v) is 6.15. The third-order valence-electron chi connectivity index (χ3n) is 2.72. The van der Waals surface area contributed by atoms with Crippen molar-refractivity contribution >= 4 is 11.7 Å². The van der Waals surface area contributed by atoms with Crippen molar-refractivity contribution in [1.29, 1.82) is 0 Å². The zero-order valence-electron chi connectivity index (χ0n) is 10.6. The van der Waals surface area contributed by atoms with Crippen molar-refractivity contribution in [1.82, 2.24) is 0 Å². The molecule has 0 spiro atoms. The van der Waals surface area contributed by atoms with Crippen molar-refractivity contribution in [3.05, 3.63) is 29.8 Å². The van der Waals surface area contributed by atoms with E-state index in [0.29, 0.717) is 5.92 Å². The fourth-order valence-corrected chi connectivity index (χ4v) is 1.62. The molecule has 94 valence electrons. The summed E-state index contributed by atoms with van der Waals surface area (Å²) in [5.41, 5.74) is 2.44. The van der Waals surface area contributed by atoms with Gasteiger partial charge in [-0.2, -0.15) is 0 Å². The largest absolute Gasteiger partial charge is 0.481 e. The Morgan fingerprint density at radius 2 is 1.88 bits per heavy atom. The number of carboxylic acids is 1. The van der Waals surface area contributed by atoms with Crippen LogP contribution in [0, 0.1) is 0 Å². The van der Waals surface area contributed by atoms with Gasteiger partial charge in [-0.15, -0.1) is 0 Å². The lowest BCUT2D eigenvalue weighted by Crippen LogP contribution is -2.03. The summed E-state index contributed by atoms with van der Waals surface area (Å²) in [4.78, 5) is 10.3. The molecule has 0 amide bonds. The zero-order chi connectivity index (χ0) is 12.7. The topological polar surface area (TPSA) is 49.3 Å². The van der Waals surface area contributed by atoms with Crippen LogP contribution >= 0.6 is 0 Å². The molecule has 0 unspecified atom stereocenters. The number of anilines is 1. The minimum atomic E-state index is -0.716. The van der Waals surface area contributed by atoms with Gasteiger partial charge in [-0.3, -0.25) is 4.79 Å². The Morgan fingerprint density at radius 1 is 1.24 bits per heavy atom. The average molecular weight is 235 g/mol. The lowest BCUT2D eigenvalue weighted by Gasteiger charge is -2.08. The molecule has 1 rings (SSSR count). The molecule has 0 heterocycles. The molecule has 0 atom stereocenters. The minimum absolute atomic E-state index is 0.258. The van der Waals surface area contributed by atoms with Gasteiger partial charge in [-0.25, -0.2) is 0 Å². The van der Waals surface area contributed by atoms with Crippen molar-refractivity contribution < 1.29 is 9.90 Å². The predicted molar refractivity (Wildman–Crippen MR) is 70.5 cm³/mol. The Bertz CT molecular complexity index is 344. The van der Waals surface area contributed by atoms with Crippen molar-refractivity contribution in [2.75, 3.05) is 11.9 Å². The second kappa shape index (κ2) is 6.94. The maximum atomic E-state index is 10.3. The van der Waals surface area contributed by atoms with Crippen LogP contribution < -0.4 is 5.32 Å². The van der Waals surface area contributed by atoms with Crippen LogP contribution in [0.1, 0.15) is 44.6 Å². The summed E-state index contributed by atoms with van der Waals surface area (Å²) >= 11 is 0. The number of nitrogens with one attached hydrogen (secondary N) is 1. The van der Waals surface area contributed by atoms with Crippen molar-refractivity contribution in [3.63, 3.8) is 0 Å². The van der Waals surface area contributed by atoms with Crippen LogP contribution in [0.15, 0.2) is 24.3 Å². The highest BCUT2D eigenvalue weighted by Gasteiger charge is 1.99. The van der Waals surface area contributed by atoms with E-state index in [1.165, 1.54) is 5.56 Å². The van der Waals surface area contributed by atoms with Gasteiger partial charge in [0.05, 0.1) is 0 Å². The predicted octanol–water partition coefficient (Wildman–Crippen LogP) is 3.48. The van der Waals surface area contributed by atoms with E-state index in [9.17, 15) is 4.79 Å². The van der Waals surface area contributed by atoms with Crippen molar-refractivity contribution in [2.45, 2.75) is 39.0 Å². The molecule has 0 bridgehead atoms. The van der Waals surface area contributed by atoms with Gasteiger partial charge in [0.1, 0.15) is 0 Å². The highest BCUT2D eigenvalue weighted by Crippen LogP contribution is 2.17. The SMILES string of the molecule is CC(C)c1ccc(NCCCCC(=O)O)cc1. The number of aliphatic carboxylic acids is 1. The molecule has 0 aliphatic carbocycles. The molecule has 0 aromatic heterocycles. The Balaban J connectivity index is 2.25. The number of hydrogen-bond donors (Lipinski definition) is 2. The lowest BCUT2D eigenvalue weighted by atomic mass is 10.0. The Hall–Kier alpha value is -1.51. The number of benzene rings is 1. The van der Waals surface area contributed by atoms with E-state index >= 15 is 0 Å². The number of unbranched alkanes of at least 4 members (excludes halogenated alkanes) is 1. The van der Waals surface area contributed by atoms with Gasteiger partial charge in [-0.1, -0.05) is 26.0 Å². The summed E-state index contributed by atoms with van der Waals surface area (Å²) in [6.45, 7) is 5.18. The molecule has 0 saturated heterocycles. The van der Waals surface area contributed by atoms with Crippen molar-refractivity contribution in [2.24, 2.45) is 0 Å². The monoisotopic (exact) mass is 235 g/mol. The van der Waals surface area contributed by atoms with E-state index in [0.717, 1.165) is 25.1 Å². The van der Waals surface area contributed by atoms with Gasteiger partial charge < -0.3 is 10.4 Å². The average Bonchev–Trinajstić information content (AvgIpc) is 2.29. The standard InChI is InChI=1S/C14H21NO2/c1-11(2)12-6-8-13(9-7-12)15-10-4-3-5-14(16)17/h6-9,11,15H,3-5,10H2,1-2H3,(H,16,17). The summed E-state index contributed by atoms with van der Waals surface area (Å²) in [6, 6.07) is 8.41. The first-order valence-electron chi connectivity index (χ1n) is 6.15. The first kappa shape index (κ1) is 13.6. The van der Waals surface area contributed by atoms with Gasteiger partial charge in [-0.05, 0) is 36.5 Å². The van der Waals surface area contributed by atoms with E-state index < -0.39 is 5.97 Å². The molecular weight excluding hydrogens is 214 g/mol. The van der Waals surface area contributed by atoms with E-state index in [1.807, 2.05) is 0 Å². The normalized spacial score (nSPS) is 10.5. The van der Waals surface area contributed by atoms with Gasteiger partial charge in [0, 0.05) is 18.7 Å². The highest BCUT2D eigenvalue weighted by atomic mass is 16.4. The minimum Gasteiger partial charge on any atom is -0.481 e. The smallest absolute Gasteiger partial charge is 0.303 e. The number of carbonyl (C=O) groups is 1. The van der Waals surface area contributed by atoms with Crippen LogP contribution in [0.4, 0.5) is 5.69 Å². The Morgan fingerprint density at radius 3 is 2.41 bits per heavy atom. The number of rotatable bonds is 7. The first-order chi connectivity index (χ1) is 8.09.